The van der Waals surface area contributed by atoms with Gasteiger partial charge in [0.1, 0.15) is 11.6 Å². The minimum atomic E-state index is -0.676. The Morgan fingerprint density at radius 3 is 2.61 bits per heavy atom. The van der Waals surface area contributed by atoms with Crippen LogP contribution in [0.15, 0.2) is 36.4 Å². The van der Waals surface area contributed by atoms with Crippen LogP contribution in [0.1, 0.15) is 39.3 Å². The van der Waals surface area contributed by atoms with E-state index >= 15 is 0 Å². The van der Waals surface area contributed by atoms with Crippen molar-refractivity contribution in [3.8, 4) is 5.69 Å². The van der Waals surface area contributed by atoms with Crippen molar-refractivity contribution in [3.63, 3.8) is 0 Å². The molecule has 1 saturated heterocycles. The van der Waals surface area contributed by atoms with Gasteiger partial charge in [-0.15, -0.1) is 5.10 Å². The van der Waals surface area contributed by atoms with Crippen molar-refractivity contribution in [2.24, 2.45) is 5.92 Å². The molecule has 1 aliphatic rings. The first kappa shape index (κ1) is 22.6. The molecule has 0 bridgehead atoms. The summed E-state index contributed by atoms with van der Waals surface area (Å²) in [4.78, 5) is 26.6. The van der Waals surface area contributed by atoms with E-state index in [4.69, 9.17) is 0 Å². The van der Waals surface area contributed by atoms with Crippen LogP contribution >= 0.6 is 0 Å². The summed E-state index contributed by atoms with van der Waals surface area (Å²) in [5, 5.41) is 11.1. The predicted octanol–water partition coefficient (Wildman–Crippen LogP) is 3.25. The molecule has 0 aliphatic carbocycles. The Morgan fingerprint density at radius 2 is 1.88 bits per heavy atom. The summed E-state index contributed by atoms with van der Waals surface area (Å²) in [6.45, 7) is 6.60. The average Bonchev–Trinajstić information content (AvgIpc) is 3.30. The van der Waals surface area contributed by atoms with Gasteiger partial charge in [0.15, 0.2) is 5.69 Å². The van der Waals surface area contributed by atoms with Gasteiger partial charge in [0.25, 0.3) is 5.91 Å². The quantitative estimate of drug-likeness (QED) is 0.622. The Kier molecular flexibility index (Phi) is 6.22. The van der Waals surface area contributed by atoms with E-state index in [9.17, 15) is 18.4 Å². The van der Waals surface area contributed by atoms with E-state index in [-0.39, 0.29) is 42.9 Å². The number of hydrogen-bond donors (Lipinski definition) is 1. The molecule has 2 heterocycles. The molecule has 33 heavy (non-hydrogen) atoms. The van der Waals surface area contributed by atoms with Crippen LogP contribution in [0, 0.1) is 38.3 Å². The molecule has 1 unspecified atom stereocenters. The highest BCUT2D eigenvalue weighted by Crippen LogP contribution is 2.22. The van der Waals surface area contributed by atoms with Gasteiger partial charge in [-0.25, -0.2) is 13.5 Å². The third-order valence-electron chi connectivity index (χ3n) is 6.06. The fourth-order valence-corrected chi connectivity index (χ4v) is 4.12. The molecular weight excluding hydrogens is 428 g/mol. The zero-order valence-corrected chi connectivity index (χ0v) is 18.7. The third kappa shape index (κ3) is 4.76. The minimum Gasteiger partial charge on any atom is -0.350 e. The maximum absolute atomic E-state index is 13.4. The fraction of sp³-hybridized carbons (Fsp3) is 0.333. The molecule has 9 heteroatoms. The Hall–Kier alpha value is -3.62. The number of benzene rings is 2. The normalized spacial score (nSPS) is 15.8. The molecule has 1 fully saturated rings. The van der Waals surface area contributed by atoms with Crippen LogP contribution in [0.4, 0.5) is 8.78 Å². The molecule has 7 nitrogen and oxygen atoms in total. The predicted molar refractivity (Wildman–Crippen MR) is 118 cm³/mol. The van der Waals surface area contributed by atoms with Crippen LogP contribution in [0.5, 0.6) is 0 Å². The molecule has 0 saturated carbocycles. The second-order valence-electron chi connectivity index (χ2n) is 8.49. The molecule has 1 atom stereocenters. The maximum atomic E-state index is 13.4. The van der Waals surface area contributed by atoms with E-state index in [2.05, 4.69) is 15.6 Å². The van der Waals surface area contributed by atoms with Gasteiger partial charge in [-0.2, -0.15) is 0 Å². The summed E-state index contributed by atoms with van der Waals surface area (Å²) in [5.41, 5.74) is 4.28. The largest absolute Gasteiger partial charge is 0.350 e. The number of rotatable bonds is 6. The zero-order valence-electron chi connectivity index (χ0n) is 18.7. The fourth-order valence-electron chi connectivity index (χ4n) is 4.12. The second-order valence-corrected chi connectivity index (χ2v) is 8.49. The average molecular weight is 453 g/mol. The van der Waals surface area contributed by atoms with Gasteiger partial charge in [-0.1, -0.05) is 17.3 Å². The van der Waals surface area contributed by atoms with Gasteiger partial charge >= 0.3 is 0 Å². The van der Waals surface area contributed by atoms with Crippen molar-refractivity contribution >= 4 is 11.8 Å². The lowest BCUT2D eigenvalue weighted by Gasteiger charge is -2.17. The second kappa shape index (κ2) is 9.09. The molecule has 0 spiro atoms. The molecule has 2 aromatic carbocycles. The van der Waals surface area contributed by atoms with E-state index in [0.717, 1.165) is 22.9 Å². The van der Waals surface area contributed by atoms with E-state index < -0.39 is 11.6 Å². The Labute approximate surface area is 190 Å². The summed E-state index contributed by atoms with van der Waals surface area (Å²) in [5.74, 6) is -1.93. The lowest BCUT2D eigenvalue weighted by atomic mass is 10.1. The van der Waals surface area contributed by atoms with Crippen LogP contribution < -0.4 is 5.32 Å². The van der Waals surface area contributed by atoms with E-state index in [1.807, 2.05) is 32.0 Å². The number of carbonyl (C=O) groups excluding carboxylic acids is 2. The van der Waals surface area contributed by atoms with E-state index in [0.29, 0.717) is 17.8 Å². The van der Waals surface area contributed by atoms with Crippen molar-refractivity contribution in [3.05, 3.63) is 76.1 Å². The van der Waals surface area contributed by atoms with Gasteiger partial charge in [0, 0.05) is 38.0 Å². The summed E-state index contributed by atoms with van der Waals surface area (Å²) in [6.07, 6.45) is 0.256. The smallest absolute Gasteiger partial charge is 0.273 e. The number of carbonyl (C=O) groups is 2. The highest BCUT2D eigenvalue weighted by atomic mass is 19.1. The number of aryl methyl sites for hydroxylation is 1. The topological polar surface area (TPSA) is 80.1 Å². The highest BCUT2D eigenvalue weighted by molar-refractivity contribution is 5.93. The first-order valence-electron chi connectivity index (χ1n) is 10.7. The van der Waals surface area contributed by atoms with Gasteiger partial charge in [-0.05, 0) is 55.7 Å². The van der Waals surface area contributed by atoms with Crippen LogP contribution in [0.3, 0.4) is 0 Å². The van der Waals surface area contributed by atoms with Gasteiger partial charge < -0.3 is 10.2 Å². The molecular formula is C24H25F2N5O2. The maximum Gasteiger partial charge on any atom is 0.273 e. The number of hydrogen-bond acceptors (Lipinski definition) is 4. The number of aromatic nitrogens is 3. The number of halogens is 2. The van der Waals surface area contributed by atoms with Gasteiger partial charge in [-0.3, -0.25) is 9.59 Å². The molecule has 0 radical (unpaired) electrons. The summed E-state index contributed by atoms with van der Waals surface area (Å²) < 4.78 is 28.5. The molecule has 3 aromatic rings. The van der Waals surface area contributed by atoms with E-state index in [1.165, 1.54) is 12.1 Å². The number of nitrogens with zero attached hydrogens (tertiary/aromatic N) is 4. The minimum absolute atomic E-state index is 0.103. The molecule has 172 valence electrons. The Morgan fingerprint density at radius 1 is 1.15 bits per heavy atom. The first-order valence-corrected chi connectivity index (χ1v) is 10.7. The lowest BCUT2D eigenvalue weighted by Crippen LogP contribution is -2.31. The standard InChI is InChI=1S/C24H25F2N5O2/c1-14-5-4-6-21(15(14)2)31-16(3)23(28-29-31)24(33)27-11-18-9-22(32)30(13-18)12-17-7-19(25)10-20(26)8-17/h4-8,10,18H,9,11-13H2,1-3H3,(H,27,33). The molecule has 1 N–H and O–H groups in total. The Balaban J connectivity index is 1.38. The lowest BCUT2D eigenvalue weighted by molar-refractivity contribution is -0.128. The van der Waals surface area contributed by atoms with Crippen LogP contribution in [-0.2, 0) is 11.3 Å². The number of amides is 2. The van der Waals surface area contributed by atoms with Crippen LogP contribution in [0.2, 0.25) is 0 Å². The molecule has 1 aromatic heterocycles. The van der Waals surface area contributed by atoms with Crippen molar-refractivity contribution in [1.29, 1.82) is 0 Å². The summed E-state index contributed by atoms with van der Waals surface area (Å²) >= 11 is 0. The van der Waals surface area contributed by atoms with Crippen molar-refractivity contribution in [1.82, 2.24) is 25.2 Å². The van der Waals surface area contributed by atoms with Crippen molar-refractivity contribution in [2.75, 3.05) is 13.1 Å². The third-order valence-corrected chi connectivity index (χ3v) is 6.06. The number of likely N-dealkylation sites (tertiary alicyclic amines) is 1. The van der Waals surface area contributed by atoms with Crippen molar-refractivity contribution < 1.29 is 18.4 Å². The molecule has 2 amide bonds. The zero-order chi connectivity index (χ0) is 23.7. The van der Waals surface area contributed by atoms with Crippen molar-refractivity contribution in [2.45, 2.75) is 33.7 Å². The summed E-state index contributed by atoms with van der Waals surface area (Å²) in [7, 11) is 0. The van der Waals surface area contributed by atoms with Crippen LogP contribution in [-0.4, -0.2) is 44.8 Å². The highest BCUT2D eigenvalue weighted by Gasteiger charge is 2.30. The number of nitrogens with one attached hydrogen (secondary N) is 1. The summed E-state index contributed by atoms with van der Waals surface area (Å²) in [6, 6.07) is 9.09. The molecule has 1 aliphatic heterocycles. The van der Waals surface area contributed by atoms with Gasteiger partial charge in [0.05, 0.1) is 11.4 Å². The van der Waals surface area contributed by atoms with Crippen LogP contribution in [0.25, 0.3) is 5.69 Å². The van der Waals surface area contributed by atoms with E-state index in [1.54, 1.807) is 16.5 Å². The molecule has 4 rings (SSSR count). The first-order chi connectivity index (χ1) is 15.7. The Bertz CT molecular complexity index is 1200. The van der Waals surface area contributed by atoms with Gasteiger partial charge in [0.2, 0.25) is 5.91 Å². The SMILES string of the molecule is Cc1cccc(-n2nnc(C(=O)NCC3CC(=O)N(Cc4cc(F)cc(F)c4)C3)c2C)c1C. The monoisotopic (exact) mass is 453 g/mol.